The second kappa shape index (κ2) is 7.78. The summed E-state index contributed by atoms with van der Waals surface area (Å²) in [6.45, 7) is 0.183. The van der Waals surface area contributed by atoms with E-state index in [1.807, 2.05) is 0 Å². The van der Waals surface area contributed by atoms with Crippen molar-refractivity contribution in [2.45, 2.75) is 31.5 Å². The number of alkyl halides is 3. The second-order valence-electron chi connectivity index (χ2n) is 7.00. The Morgan fingerprint density at radius 3 is 2.64 bits per heavy atom. The minimum Gasteiger partial charge on any atom is -0.481 e. The fourth-order valence-corrected chi connectivity index (χ4v) is 3.66. The summed E-state index contributed by atoms with van der Waals surface area (Å²) in [5, 5.41) is 11.6. The first kappa shape index (κ1) is 20.1. The molecule has 0 aliphatic carbocycles. The summed E-state index contributed by atoms with van der Waals surface area (Å²) in [6, 6.07) is 3.55. The molecule has 2 aliphatic heterocycles. The molecule has 2 atom stereocenters. The number of aliphatic carboxylic acids is 1. The molecule has 7 nitrogen and oxygen atoms in total. The molecule has 2 N–H and O–H groups in total. The summed E-state index contributed by atoms with van der Waals surface area (Å²) < 4.78 is 41.0. The van der Waals surface area contributed by atoms with Crippen LogP contribution in [-0.2, 0) is 14.4 Å². The summed E-state index contributed by atoms with van der Waals surface area (Å²) in [7, 11) is 0. The largest absolute Gasteiger partial charge is 0.481 e. The Morgan fingerprint density at radius 2 is 1.96 bits per heavy atom. The molecular weight excluding hydrogens is 379 g/mol. The molecule has 1 saturated heterocycles. The number of hydrogen-bond donors (Lipinski definition) is 2. The molecule has 0 saturated carbocycles. The fraction of sp³-hybridized carbons (Fsp3) is 0.500. The normalized spacial score (nSPS) is 23.5. The van der Waals surface area contributed by atoms with Crippen LogP contribution in [0, 0.1) is 5.92 Å². The Labute approximate surface area is 159 Å². The van der Waals surface area contributed by atoms with Gasteiger partial charge in [-0.2, -0.15) is 13.2 Å². The first-order chi connectivity index (χ1) is 13.2. The van der Waals surface area contributed by atoms with Crippen molar-refractivity contribution < 1.29 is 32.7 Å². The van der Waals surface area contributed by atoms with Gasteiger partial charge in [-0.1, -0.05) is 12.1 Å². The number of para-hydroxylation sites is 2. The molecule has 2 unspecified atom stereocenters. The van der Waals surface area contributed by atoms with Gasteiger partial charge in [0.25, 0.3) is 0 Å². The number of carbonyl (C=O) groups is 3. The maximum atomic E-state index is 13.7. The van der Waals surface area contributed by atoms with E-state index in [1.165, 1.54) is 18.2 Å². The Morgan fingerprint density at radius 1 is 1.25 bits per heavy atom. The van der Waals surface area contributed by atoms with Crippen molar-refractivity contribution >= 4 is 29.2 Å². The highest BCUT2D eigenvalue weighted by Gasteiger charge is 2.49. The highest BCUT2D eigenvalue weighted by Crippen LogP contribution is 2.37. The van der Waals surface area contributed by atoms with Crippen LogP contribution in [0.15, 0.2) is 24.3 Å². The van der Waals surface area contributed by atoms with Gasteiger partial charge in [-0.05, 0) is 31.5 Å². The van der Waals surface area contributed by atoms with Gasteiger partial charge < -0.3 is 10.4 Å². The van der Waals surface area contributed by atoms with Crippen molar-refractivity contribution in [2.24, 2.45) is 5.92 Å². The first-order valence-corrected chi connectivity index (χ1v) is 8.89. The third-order valence-corrected chi connectivity index (χ3v) is 4.99. The Bertz CT molecular complexity index is 784. The number of carbonyl (C=O) groups excluding carboxylic acids is 2. The van der Waals surface area contributed by atoms with E-state index in [1.54, 1.807) is 11.0 Å². The quantitative estimate of drug-likeness (QED) is 0.813. The van der Waals surface area contributed by atoms with Gasteiger partial charge in [0.15, 0.2) is 0 Å². The molecule has 0 aromatic heterocycles. The minimum absolute atomic E-state index is 0.0209. The van der Waals surface area contributed by atoms with Crippen molar-refractivity contribution in [3.63, 3.8) is 0 Å². The summed E-state index contributed by atoms with van der Waals surface area (Å²) in [4.78, 5) is 38.3. The number of nitrogens with zero attached hydrogens (tertiary/aromatic N) is 2. The number of rotatable bonds is 3. The second-order valence-corrected chi connectivity index (χ2v) is 7.00. The average molecular weight is 399 g/mol. The lowest BCUT2D eigenvalue weighted by molar-refractivity contribution is -0.158. The van der Waals surface area contributed by atoms with Crippen LogP contribution >= 0.6 is 0 Å². The molecule has 1 aromatic carbocycles. The number of benzene rings is 1. The number of carboxylic acids is 1. The zero-order valence-electron chi connectivity index (χ0n) is 14.9. The van der Waals surface area contributed by atoms with Gasteiger partial charge in [0, 0.05) is 6.54 Å². The van der Waals surface area contributed by atoms with Crippen LogP contribution in [0.4, 0.5) is 24.5 Å². The third-order valence-electron chi connectivity index (χ3n) is 4.99. The summed E-state index contributed by atoms with van der Waals surface area (Å²) in [6.07, 6.45) is -4.68. The van der Waals surface area contributed by atoms with Crippen LogP contribution in [0.3, 0.4) is 0 Å². The number of fused-ring (bicyclic) bond motifs is 1. The maximum absolute atomic E-state index is 13.7. The molecule has 0 spiro atoms. The lowest BCUT2D eigenvalue weighted by Gasteiger charge is -2.35. The van der Waals surface area contributed by atoms with Crippen molar-refractivity contribution in [2.75, 3.05) is 29.9 Å². The number of amides is 2. The molecule has 28 heavy (non-hydrogen) atoms. The number of hydrogen-bond acceptors (Lipinski definition) is 4. The SMILES string of the molecule is O=C1CC(C(F)(F)F)N(C(=O)CN2CCCC(C(=O)O)C2)c2ccccc2N1. The summed E-state index contributed by atoms with van der Waals surface area (Å²) in [5.41, 5.74) is 0.113. The molecule has 2 aliphatic rings. The van der Waals surface area contributed by atoms with Crippen molar-refractivity contribution in [3.8, 4) is 0 Å². The van der Waals surface area contributed by atoms with Gasteiger partial charge in [0.1, 0.15) is 6.04 Å². The Balaban J connectivity index is 1.90. The molecule has 0 radical (unpaired) electrons. The van der Waals surface area contributed by atoms with E-state index in [0.29, 0.717) is 24.3 Å². The summed E-state index contributed by atoms with van der Waals surface area (Å²) in [5.74, 6) is -3.29. The summed E-state index contributed by atoms with van der Waals surface area (Å²) >= 11 is 0. The molecular formula is C18H20F3N3O4. The first-order valence-electron chi connectivity index (χ1n) is 8.89. The van der Waals surface area contributed by atoms with E-state index in [0.717, 1.165) is 0 Å². The lowest BCUT2D eigenvalue weighted by Crippen LogP contribution is -2.53. The third kappa shape index (κ3) is 4.27. The number of carboxylic acid groups (broad SMARTS) is 1. The molecule has 10 heteroatoms. The molecule has 1 aromatic rings. The molecule has 3 rings (SSSR count). The Hall–Kier alpha value is -2.62. The molecule has 2 amide bonds. The lowest BCUT2D eigenvalue weighted by atomic mass is 9.98. The monoisotopic (exact) mass is 399 g/mol. The standard InChI is InChI=1S/C18H20F3N3O4/c19-18(20,21)14-8-15(25)22-12-5-1-2-6-13(12)24(14)16(26)10-23-7-3-4-11(9-23)17(27)28/h1-2,5-6,11,14H,3-4,7-10H2,(H,22,25)(H,27,28). The van der Waals surface area contributed by atoms with Gasteiger partial charge >= 0.3 is 12.1 Å². The van der Waals surface area contributed by atoms with E-state index in [9.17, 15) is 27.6 Å². The van der Waals surface area contributed by atoms with Crippen molar-refractivity contribution in [1.82, 2.24) is 4.90 Å². The highest BCUT2D eigenvalue weighted by atomic mass is 19.4. The predicted molar refractivity (Wildman–Crippen MR) is 93.8 cm³/mol. The number of halogens is 3. The van der Waals surface area contributed by atoms with E-state index in [-0.39, 0.29) is 24.5 Å². The average Bonchev–Trinajstić information content (AvgIpc) is 2.77. The van der Waals surface area contributed by atoms with Crippen LogP contribution in [-0.4, -0.2) is 59.6 Å². The minimum atomic E-state index is -4.80. The van der Waals surface area contributed by atoms with E-state index < -0.39 is 42.3 Å². The predicted octanol–water partition coefficient (Wildman–Crippen LogP) is 2.09. The van der Waals surface area contributed by atoms with E-state index >= 15 is 0 Å². The Kier molecular flexibility index (Phi) is 5.59. The van der Waals surface area contributed by atoms with Gasteiger partial charge in [-0.25, -0.2) is 0 Å². The van der Waals surface area contributed by atoms with E-state index in [2.05, 4.69) is 5.32 Å². The zero-order chi connectivity index (χ0) is 20.5. The highest BCUT2D eigenvalue weighted by molar-refractivity contribution is 6.05. The van der Waals surface area contributed by atoms with E-state index in [4.69, 9.17) is 5.11 Å². The van der Waals surface area contributed by atoms with Gasteiger partial charge in [0.05, 0.1) is 30.3 Å². The smallest absolute Gasteiger partial charge is 0.409 e. The zero-order valence-corrected chi connectivity index (χ0v) is 14.9. The number of nitrogens with one attached hydrogen (secondary N) is 1. The number of piperidine rings is 1. The van der Waals surface area contributed by atoms with Crippen LogP contribution in [0.2, 0.25) is 0 Å². The molecule has 0 bridgehead atoms. The maximum Gasteiger partial charge on any atom is 0.409 e. The topological polar surface area (TPSA) is 90.0 Å². The van der Waals surface area contributed by atoms with Gasteiger partial charge in [-0.3, -0.25) is 24.2 Å². The van der Waals surface area contributed by atoms with Gasteiger partial charge in [-0.15, -0.1) is 0 Å². The van der Waals surface area contributed by atoms with Crippen LogP contribution < -0.4 is 10.2 Å². The van der Waals surface area contributed by atoms with Crippen molar-refractivity contribution in [3.05, 3.63) is 24.3 Å². The number of anilines is 2. The molecule has 1 fully saturated rings. The molecule has 152 valence electrons. The fourth-order valence-electron chi connectivity index (χ4n) is 3.66. The van der Waals surface area contributed by atoms with Gasteiger partial charge in [0.2, 0.25) is 11.8 Å². The van der Waals surface area contributed by atoms with Crippen LogP contribution in [0.5, 0.6) is 0 Å². The molecule has 2 heterocycles. The number of likely N-dealkylation sites (tertiary alicyclic amines) is 1. The van der Waals surface area contributed by atoms with Crippen molar-refractivity contribution in [1.29, 1.82) is 0 Å². The van der Waals surface area contributed by atoms with Crippen LogP contribution in [0.25, 0.3) is 0 Å². The van der Waals surface area contributed by atoms with Crippen LogP contribution in [0.1, 0.15) is 19.3 Å².